The number of amides is 1. The van der Waals surface area contributed by atoms with Crippen LogP contribution in [-0.2, 0) is 28.9 Å². The van der Waals surface area contributed by atoms with E-state index in [2.05, 4.69) is 10.3 Å². The molecule has 0 aliphatic heterocycles. The van der Waals surface area contributed by atoms with Crippen LogP contribution in [0.25, 0.3) is 21.1 Å². The van der Waals surface area contributed by atoms with Gasteiger partial charge in [0.1, 0.15) is 0 Å². The summed E-state index contributed by atoms with van der Waals surface area (Å²) in [6, 6.07) is 9.66. The first-order valence-corrected chi connectivity index (χ1v) is 12.1. The van der Waals surface area contributed by atoms with Crippen molar-refractivity contribution in [1.82, 2.24) is 18.4 Å². The fourth-order valence-electron chi connectivity index (χ4n) is 3.45. The van der Waals surface area contributed by atoms with Crippen molar-refractivity contribution in [2.45, 2.75) is 11.8 Å². The molecule has 2 aromatic heterocycles. The van der Waals surface area contributed by atoms with Crippen LogP contribution in [0.15, 0.2) is 50.9 Å². The highest BCUT2D eigenvalue weighted by atomic mass is 32.2. The Morgan fingerprint density at radius 2 is 1.85 bits per heavy atom. The summed E-state index contributed by atoms with van der Waals surface area (Å²) in [5.74, 6) is -0.545. The predicted octanol–water partition coefficient (Wildman–Crippen LogP) is 1.41. The smallest absolute Gasteiger partial charge is 0.301 e. The van der Waals surface area contributed by atoms with Crippen molar-refractivity contribution in [3.63, 3.8) is 0 Å². The SMILES string of the molecule is Cc1ccc2nc(NC(=O)CN(C)S(=O)(=O)c3ccc4c(c3)c(=O)n(C)c(=O)n4C)sc2c1. The first-order valence-electron chi connectivity index (χ1n) is 9.82. The van der Waals surface area contributed by atoms with E-state index < -0.39 is 33.7 Å². The van der Waals surface area contributed by atoms with Crippen LogP contribution in [0.3, 0.4) is 0 Å². The molecule has 172 valence electrons. The van der Waals surface area contributed by atoms with E-state index in [1.807, 2.05) is 25.1 Å². The largest absolute Gasteiger partial charge is 0.330 e. The van der Waals surface area contributed by atoms with E-state index in [1.54, 1.807) is 0 Å². The van der Waals surface area contributed by atoms with Gasteiger partial charge < -0.3 is 5.32 Å². The Bertz CT molecular complexity index is 1650. The van der Waals surface area contributed by atoms with Gasteiger partial charge in [-0.25, -0.2) is 18.2 Å². The Hall–Kier alpha value is -3.35. The molecule has 0 aliphatic rings. The molecule has 4 rings (SSSR count). The number of likely N-dealkylation sites (N-methyl/N-ethyl adjacent to an activating group) is 1. The van der Waals surface area contributed by atoms with Gasteiger partial charge in [-0.2, -0.15) is 4.31 Å². The Morgan fingerprint density at radius 1 is 1.12 bits per heavy atom. The molecule has 0 radical (unpaired) electrons. The number of benzene rings is 2. The quantitative estimate of drug-likeness (QED) is 0.454. The fourth-order valence-corrected chi connectivity index (χ4v) is 5.58. The summed E-state index contributed by atoms with van der Waals surface area (Å²) in [6.45, 7) is 1.51. The number of carbonyl (C=O) groups is 1. The lowest BCUT2D eigenvalue weighted by Gasteiger charge is -2.17. The van der Waals surface area contributed by atoms with Crippen LogP contribution in [0.4, 0.5) is 5.13 Å². The van der Waals surface area contributed by atoms with Gasteiger partial charge >= 0.3 is 5.69 Å². The molecule has 2 heterocycles. The van der Waals surface area contributed by atoms with Crippen molar-refractivity contribution in [3.05, 3.63) is 62.8 Å². The number of hydrogen-bond donors (Lipinski definition) is 1. The Labute approximate surface area is 192 Å². The van der Waals surface area contributed by atoms with Crippen molar-refractivity contribution in [3.8, 4) is 0 Å². The van der Waals surface area contributed by atoms with E-state index in [-0.39, 0.29) is 10.3 Å². The number of nitrogens with one attached hydrogen (secondary N) is 1. The molecule has 12 heteroatoms. The van der Waals surface area contributed by atoms with Gasteiger partial charge in [0, 0.05) is 21.1 Å². The maximum Gasteiger partial charge on any atom is 0.330 e. The molecule has 0 saturated heterocycles. The van der Waals surface area contributed by atoms with Crippen LogP contribution >= 0.6 is 11.3 Å². The molecule has 0 atom stereocenters. The second-order valence-corrected chi connectivity index (χ2v) is 10.8. The summed E-state index contributed by atoms with van der Waals surface area (Å²) in [5.41, 5.74) is 1.02. The molecule has 0 spiro atoms. The van der Waals surface area contributed by atoms with Crippen molar-refractivity contribution < 1.29 is 13.2 Å². The molecule has 2 aromatic carbocycles. The Kier molecular flexibility index (Phi) is 5.68. The number of nitrogens with zero attached hydrogens (tertiary/aromatic N) is 4. The maximum atomic E-state index is 13.0. The molecular formula is C21H21N5O5S2. The van der Waals surface area contributed by atoms with E-state index >= 15 is 0 Å². The van der Waals surface area contributed by atoms with Crippen LogP contribution in [0.5, 0.6) is 0 Å². The second-order valence-electron chi connectivity index (χ2n) is 7.68. The average molecular weight is 488 g/mol. The second kappa shape index (κ2) is 8.21. The minimum Gasteiger partial charge on any atom is -0.301 e. The van der Waals surface area contributed by atoms with Crippen molar-refractivity contribution in [2.75, 3.05) is 18.9 Å². The van der Waals surface area contributed by atoms with Gasteiger partial charge in [0.15, 0.2) is 5.13 Å². The van der Waals surface area contributed by atoms with Gasteiger partial charge in [0.25, 0.3) is 5.56 Å². The Morgan fingerprint density at radius 3 is 2.58 bits per heavy atom. The minimum absolute atomic E-state index is 0.0864. The number of aromatic nitrogens is 3. The molecule has 1 amide bonds. The van der Waals surface area contributed by atoms with Gasteiger partial charge in [-0.15, -0.1) is 0 Å². The molecule has 1 N–H and O–H groups in total. The maximum absolute atomic E-state index is 13.0. The molecule has 0 unspecified atom stereocenters. The number of hydrogen-bond acceptors (Lipinski definition) is 7. The lowest BCUT2D eigenvalue weighted by Crippen LogP contribution is -2.37. The molecular weight excluding hydrogens is 466 g/mol. The van der Waals surface area contributed by atoms with Crippen LogP contribution < -0.4 is 16.6 Å². The Balaban J connectivity index is 1.58. The summed E-state index contributed by atoms with van der Waals surface area (Å²) in [4.78, 5) is 41.3. The van der Waals surface area contributed by atoms with Crippen LogP contribution in [0.2, 0.25) is 0 Å². The molecule has 10 nitrogen and oxygen atoms in total. The van der Waals surface area contributed by atoms with Gasteiger partial charge in [0.2, 0.25) is 15.9 Å². The van der Waals surface area contributed by atoms with Gasteiger partial charge in [-0.3, -0.25) is 18.7 Å². The third kappa shape index (κ3) is 4.08. The zero-order valence-electron chi connectivity index (χ0n) is 18.3. The first kappa shape index (κ1) is 22.8. The summed E-state index contributed by atoms with van der Waals surface area (Å²) < 4.78 is 30.1. The zero-order valence-corrected chi connectivity index (χ0v) is 20.0. The number of sulfonamides is 1. The van der Waals surface area contributed by atoms with Crippen molar-refractivity contribution >= 4 is 53.5 Å². The summed E-state index contributed by atoms with van der Waals surface area (Å²) in [7, 11) is 0.0194. The molecule has 0 aliphatic carbocycles. The number of thiazole rings is 1. The minimum atomic E-state index is -4.08. The number of fused-ring (bicyclic) bond motifs is 2. The molecule has 33 heavy (non-hydrogen) atoms. The first-order chi connectivity index (χ1) is 15.5. The van der Waals surface area contributed by atoms with Crippen molar-refractivity contribution in [2.24, 2.45) is 14.1 Å². The van der Waals surface area contributed by atoms with Gasteiger partial charge in [0.05, 0.1) is 32.6 Å². The summed E-state index contributed by atoms with van der Waals surface area (Å²) in [5, 5.41) is 3.10. The summed E-state index contributed by atoms with van der Waals surface area (Å²) in [6.07, 6.45) is 0. The van der Waals surface area contributed by atoms with Crippen LogP contribution in [-0.4, -0.2) is 46.3 Å². The van der Waals surface area contributed by atoms with E-state index in [4.69, 9.17) is 0 Å². The van der Waals surface area contributed by atoms with E-state index in [0.717, 1.165) is 24.7 Å². The van der Waals surface area contributed by atoms with E-state index in [0.29, 0.717) is 10.6 Å². The van der Waals surface area contributed by atoms with Crippen molar-refractivity contribution in [1.29, 1.82) is 0 Å². The molecule has 0 fully saturated rings. The lowest BCUT2D eigenvalue weighted by molar-refractivity contribution is -0.116. The third-order valence-electron chi connectivity index (χ3n) is 5.30. The van der Waals surface area contributed by atoms with E-state index in [1.165, 1.54) is 55.2 Å². The highest BCUT2D eigenvalue weighted by Gasteiger charge is 2.24. The number of aryl methyl sites for hydroxylation is 2. The fraction of sp³-hybridized carbons (Fsp3) is 0.238. The normalized spacial score (nSPS) is 12.0. The lowest BCUT2D eigenvalue weighted by atomic mass is 10.2. The third-order valence-corrected chi connectivity index (χ3v) is 8.04. The number of anilines is 1. The average Bonchev–Trinajstić information content (AvgIpc) is 3.16. The highest BCUT2D eigenvalue weighted by Crippen LogP contribution is 2.26. The monoisotopic (exact) mass is 487 g/mol. The van der Waals surface area contributed by atoms with Gasteiger partial charge in [-0.05, 0) is 42.8 Å². The number of rotatable bonds is 5. The number of carbonyl (C=O) groups excluding carboxylic acids is 1. The highest BCUT2D eigenvalue weighted by molar-refractivity contribution is 7.89. The van der Waals surface area contributed by atoms with Gasteiger partial charge in [-0.1, -0.05) is 17.4 Å². The standard InChI is InChI=1S/C21H21N5O5S2/c1-12-5-7-15-17(9-12)32-20(22-15)23-18(27)11-24(2)33(30,31)13-6-8-16-14(10-13)19(28)26(4)21(29)25(16)3/h5-10H,11H2,1-4H3,(H,22,23,27). The van der Waals surface area contributed by atoms with Crippen LogP contribution in [0, 0.1) is 6.92 Å². The summed E-state index contributed by atoms with van der Waals surface area (Å²) >= 11 is 1.30. The molecule has 0 saturated carbocycles. The van der Waals surface area contributed by atoms with Crippen LogP contribution in [0.1, 0.15) is 5.56 Å². The zero-order chi connectivity index (χ0) is 24.1. The topological polar surface area (TPSA) is 123 Å². The molecule has 4 aromatic rings. The van der Waals surface area contributed by atoms with E-state index in [9.17, 15) is 22.8 Å². The molecule has 0 bridgehead atoms. The predicted molar refractivity (Wildman–Crippen MR) is 127 cm³/mol.